The summed E-state index contributed by atoms with van der Waals surface area (Å²) in [7, 11) is 1.87. The number of nitrogens with one attached hydrogen (secondary N) is 1. The second-order valence-electron chi connectivity index (χ2n) is 9.76. The lowest BCUT2D eigenvalue weighted by atomic mass is 9.80. The molecule has 7 nitrogen and oxygen atoms in total. The van der Waals surface area contributed by atoms with Crippen LogP contribution in [0.4, 0.5) is 18.9 Å². The first-order valence-electron chi connectivity index (χ1n) is 12.0. The van der Waals surface area contributed by atoms with Gasteiger partial charge in [0.25, 0.3) is 5.91 Å². The second kappa shape index (κ2) is 9.88. The van der Waals surface area contributed by atoms with E-state index >= 15 is 0 Å². The predicted molar refractivity (Wildman–Crippen MR) is 133 cm³/mol. The quantitative estimate of drug-likeness (QED) is 0.524. The van der Waals surface area contributed by atoms with Crippen molar-refractivity contribution >= 4 is 28.5 Å². The monoisotopic (exact) mass is 511 g/mol. The smallest absolute Gasteiger partial charge is 0.342 e. The number of fused-ring (bicyclic) bond motifs is 1. The van der Waals surface area contributed by atoms with E-state index < -0.39 is 18.0 Å². The maximum atomic E-state index is 13.1. The molecule has 4 rings (SSSR count). The van der Waals surface area contributed by atoms with Gasteiger partial charge in [0.05, 0.1) is 23.5 Å². The van der Waals surface area contributed by atoms with E-state index in [1.807, 2.05) is 37.7 Å². The molecule has 1 N–H and O–H groups in total. The summed E-state index contributed by atoms with van der Waals surface area (Å²) >= 11 is 0. The third kappa shape index (κ3) is 5.03. The number of nitrogens with zero attached hydrogens (tertiary/aromatic N) is 4. The van der Waals surface area contributed by atoms with Crippen LogP contribution in [0.1, 0.15) is 53.2 Å². The number of nitriles is 1. The Morgan fingerprint density at radius 2 is 2.03 bits per heavy atom. The van der Waals surface area contributed by atoms with Gasteiger partial charge in [-0.3, -0.25) is 9.59 Å². The molecule has 194 valence electrons. The molecule has 3 heterocycles. The molecule has 1 aliphatic heterocycles. The van der Waals surface area contributed by atoms with Gasteiger partial charge in [-0.1, -0.05) is 13.0 Å². The van der Waals surface area contributed by atoms with E-state index in [0.29, 0.717) is 23.2 Å². The van der Waals surface area contributed by atoms with Gasteiger partial charge in [0.1, 0.15) is 11.6 Å². The molecule has 1 aromatic carbocycles. The predicted octanol–water partition coefficient (Wildman–Crippen LogP) is 5.16. The third-order valence-corrected chi connectivity index (χ3v) is 7.25. The van der Waals surface area contributed by atoms with Crippen molar-refractivity contribution < 1.29 is 22.8 Å². The summed E-state index contributed by atoms with van der Waals surface area (Å²) in [5, 5.41) is 12.9. The zero-order valence-corrected chi connectivity index (χ0v) is 21.1. The zero-order chi connectivity index (χ0) is 27.1. The summed E-state index contributed by atoms with van der Waals surface area (Å²) < 4.78 is 41.2. The summed E-state index contributed by atoms with van der Waals surface area (Å²) in [5.74, 6) is -3.35. The topological polar surface area (TPSA) is 91.0 Å². The highest BCUT2D eigenvalue weighted by molar-refractivity contribution is 6.06. The lowest BCUT2D eigenvalue weighted by Crippen LogP contribution is -2.47. The van der Waals surface area contributed by atoms with Crippen LogP contribution in [0.3, 0.4) is 0 Å². The highest BCUT2D eigenvalue weighted by Gasteiger charge is 2.44. The summed E-state index contributed by atoms with van der Waals surface area (Å²) in [6.45, 7) is 5.22. The van der Waals surface area contributed by atoms with Crippen LogP contribution in [0, 0.1) is 30.1 Å². The minimum Gasteiger partial charge on any atom is -0.342 e. The van der Waals surface area contributed by atoms with Crippen LogP contribution in [0.2, 0.25) is 0 Å². The number of hydrogen-bond acceptors (Lipinski definition) is 4. The van der Waals surface area contributed by atoms with Crippen molar-refractivity contribution in [3.8, 4) is 6.07 Å². The van der Waals surface area contributed by atoms with Crippen LogP contribution < -0.4 is 5.32 Å². The maximum absolute atomic E-state index is 13.1. The molecule has 1 saturated heterocycles. The number of carbonyl (C=O) groups is 2. The molecule has 0 bridgehead atoms. The molecule has 0 radical (unpaired) electrons. The number of piperidine rings is 1. The molecule has 10 heteroatoms. The van der Waals surface area contributed by atoms with E-state index in [1.165, 1.54) is 11.0 Å². The summed E-state index contributed by atoms with van der Waals surface area (Å²) in [5.41, 5.74) is 3.81. The molecule has 1 unspecified atom stereocenters. The molecule has 0 aliphatic carbocycles. The normalized spacial score (nSPS) is 18.9. The van der Waals surface area contributed by atoms with Crippen LogP contribution in [0.15, 0.2) is 36.7 Å². The van der Waals surface area contributed by atoms with Gasteiger partial charge in [0.2, 0.25) is 5.91 Å². The van der Waals surface area contributed by atoms with Gasteiger partial charge in [0.15, 0.2) is 0 Å². The molecule has 2 amide bonds. The molecule has 3 atom stereocenters. The molecular weight excluding hydrogens is 483 g/mol. The average Bonchev–Trinajstić information content (AvgIpc) is 3.20. The Kier molecular flexibility index (Phi) is 7.00. The first-order valence-corrected chi connectivity index (χ1v) is 12.0. The number of aromatic nitrogens is 2. The summed E-state index contributed by atoms with van der Waals surface area (Å²) in [4.78, 5) is 31.2. The number of likely N-dealkylation sites (tertiary alicyclic amines) is 1. The zero-order valence-electron chi connectivity index (χ0n) is 21.1. The van der Waals surface area contributed by atoms with Crippen molar-refractivity contribution in [3.05, 3.63) is 58.9 Å². The molecule has 0 saturated carbocycles. The standard InChI is InChI=1S/C27H28F3N5O2/c1-15-13-35(26(37)17(3)27(28,29)30)9-8-20(15)21-14-34(4)24-23(21)16(2)22(12-32-24)33-25(36)19-7-5-6-18(10-19)11-31/h5-7,10,12,14-15,17,20H,8-9,13H2,1-4H3,(H,33,36)/t15-,17-,20?/m0/s1. The maximum Gasteiger partial charge on any atom is 0.400 e. The Bertz CT molecular complexity index is 1410. The van der Waals surface area contributed by atoms with Crippen molar-refractivity contribution in [2.45, 2.75) is 39.3 Å². The number of rotatable bonds is 4. The van der Waals surface area contributed by atoms with E-state index in [0.717, 1.165) is 29.1 Å². The highest BCUT2D eigenvalue weighted by atomic mass is 19.4. The lowest BCUT2D eigenvalue weighted by molar-refractivity contribution is -0.186. The highest BCUT2D eigenvalue weighted by Crippen LogP contribution is 2.40. The van der Waals surface area contributed by atoms with Gasteiger partial charge in [-0.2, -0.15) is 18.4 Å². The summed E-state index contributed by atoms with van der Waals surface area (Å²) in [6.07, 6.45) is -0.472. The fourth-order valence-corrected chi connectivity index (χ4v) is 5.09. The first-order chi connectivity index (χ1) is 17.4. The number of amides is 2. The van der Waals surface area contributed by atoms with Gasteiger partial charge >= 0.3 is 6.18 Å². The summed E-state index contributed by atoms with van der Waals surface area (Å²) in [6, 6.07) is 8.43. The van der Waals surface area contributed by atoms with Crippen molar-refractivity contribution in [2.75, 3.05) is 18.4 Å². The number of alkyl halides is 3. The average molecular weight is 512 g/mol. The van der Waals surface area contributed by atoms with Crippen LogP contribution >= 0.6 is 0 Å². The Morgan fingerprint density at radius 3 is 2.68 bits per heavy atom. The second-order valence-corrected chi connectivity index (χ2v) is 9.76. The van der Waals surface area contributed by atoms with E-state index in [1.54, 1.807) is 24.4 Å². The molecule has 2 aromatic heterocycles. The SMILES string of the molecule is Cc1c(NC(=O)c2cccc(C#N)c2)cnc2c1c(C1CCN(C(=O)[C@H](C)C(F)(F)F)C[C@@H]1C)cn2C. The van der Waals surface area contributed by atoms with Crippen molar-refractivity contribution in [2.24, 2.45) is 18.9 Å². The van der Waals surface area contributed by atoms with Crippen molar-refractivity contribution in [1.29, 1.82) is 5.26 Å². The fourth-order valence-electron chi connectivity index (χ4n) is 5.09. The minimum absolute atomic E-state index is 0.00713. The number of anilines is 1. The van der Waals surface area contributed by atoms with Gasteiger partial charge in [0, 0.05) is 37.3 Å². The Balaban J connectivity index is 1.61. The van der Waals surface area contributed by atoms with Gasteiger partial charge in [-0.15, -0.1) is 0 Å². The molecule has 1 fully saturated rings. The molecule has 37 heavy (non-hydrogen) atoms. The van der Waals surface area contributed by atoms with E-state index in [-0.39, 0.29) is 30.8 Å². The van der Waals surface area contributed by atoms with Crippen LogP contribution in [0.25, 0.3) is 11.0 Å². The molecule has 0 spiro atoms. The fraction of sp³-hybridized carbons (Fsp3) is 0.407. The molecule has 1 aliphatic rings. The van der Waals surface area contributed by atoms with Crippen LogP contribution in [-0.4, -0.2) is 45.5 Å². The molecule has 3 aromatic rings. The third-order valence-electron chi connectivity index (χ3n) is 7.25. The van der Waals surface area contributed by atoms with Crippen molar-refractivity contribution in [1.82, 2.24) is 14.5 Å². The van der Waals surface area contributed by atoms with Crippen molar-refractivity contribution in [3.63, 3.8) is 0 Å². The number of carbonyl (C=O) groups excluding carboxylic acids is 2. The number of pyridine rings is 1. The molecular formula is C27H28F3N5O2. The van der Waals surface area contributed by atoms with Gasteiger partial charge in [-0.25, -0.2) is 4.98 Å². The Labute approximate surface area is 212 Å². The number of benzene rings is 1. The Hall–Kier alpha value is -3.87. The number of aryl methyl sites for hydroxylation is 2. The van der Waals surface area contributed by atoms with E-state index in [4.69, 9.17) is 5.26 Å². The first kappa shape index (κ1) is 26.2. The number of hydrogen-bond donors (Lipinski definition) is 1. The lowest BCUT2D eigenvalue weighted by Gasteiger charge is -2.38. The number of halogens is 3. The van der Waals surface area contributed by atoms with Crippen LogP contribution in [0.5, 0.6) is 0 Å². The van der Waals surface area contributed by atoms with E-state index in [2.05, 4.69) is 10.3 Å². The van der Waals surface area contributed by atoms with Gasteiger partial charge < -0.3 is 14.8 Å². The van der Waals surface area contributed by atoms with Gasteiger partial charge in [-0.05, 0) is 61.4 Å². The van der Waals surface area contributed by atoms with E-state index in [9.17, 15) is 22.8 Å². The Morgan fingerprint density at radius 1 is 1.30 bits per heavy atom. The largest absolute Gasteiger partial charge is 0.400 e. The van der Waals surface area contributed by atoms with Crippen LogP contribution in [-0.2, 0) is 11.8 Å². The minimum atomic E-state index is -4.56.